The highest BCUT2D eigenvalue weighted by Gasteiger charge is 2.31. The van der Waals surface area contributed by atoms with Crippen molar-refractivity contribution in [3.8, 4) is 11.4 Å². The molecule has 0 bridgehead atoms. The zero-order chi connectivity index (χ0) is 22.9. The van der Waals surface area contributed by atoms with Gasteiger partial charge in [0.1, 0.15) is 0 Å². The molecule has 32 heavy (non-hydrogen) atoms. The summed E-state index contributed by atoms with van der Waals surface area (Å²) in [4.78, 5) is 25.1. The molecule has 1 aliphatic rings. The van der Waals surface area contributed by atoms with Crippen molar-refractivity contribution in [2.45, 2.75) is 44.6 Å². The van der Waals surface area contributed by atoms with Crippen LogP contribution >= 0.6 is 11.6 Å². The molecule has 1 N–H and O–H groups in total. The zero-order valence-corrected chi connectivity index (χ0v) is 17.7. The van der Waals surface area contributed by atoms with Gasteiger partial charge >= 0.3 is 11.9 Å². The van der Waals surface area contributed by atoms with Gasteiger partial charge in [0.05, 0.1) is 12.1 Å². The minimum Gasteiger partial charge on any atom is -0.352 e. The van der Waals surface area contributed by atoms with Gasteiger partial charge in [0.25, 0.3) is 0 Å². The smallest absolute Gasteiger partial charge is 0.352 e. The number of halogens is 4. The molecule has 0 aliphatic heterocycles. The Bertz CT molecular complexity index is 1180. The molecule has 0 spiro atoms. The first-order chi connectivity index (χ1) is 15.2. The van der Waals surface area contributed by atoms with E-state index in [1.165, 1.54) is 16.8 Å². The number of alkyl halides is 3. The SMILES string of the molecule is O=C(CCn1nc(-c2ccc(Cl)cc2)n(C2CC2)c1=O)NCc1cccc(C(F)(F)F)c1. The molecular weight excluding hydrogens is 445 g/mol. The molecule has 1 fully saturated rings. The molecule has 0 unspecified atom stereocenters. The van der Waals surface area contributed by atoms with Crippen molar-refractivity contribution >= 4 is 17.5 Å². The number of rotatable bonds is 7. The molecule has 0 radical (unpaired) electrons. The second kappa shape index (κ2) is 8.82. The van der Waals surface area contributed by atoms with Crippen LogP contribution in [0.4, 0.5) is 13.2 Å². The predicted molar refractivity (Wildman–Crippen MR) is 113 cm³/mol. The summed E-state index contributed by atoms with van der Waals surface area (Å²) in [6.45, 7) is 0.0256. The van der Waals surface area contributed by atoms with E-state index in [1.54, 1.807) is 28.8 Å². The largest absolute Gasteiger partial charge is 0.416 e. The first-order valence-electron chi connectivity index (χ1n) is 10.1. The predicted octanol–water partition coefficient (Wildman–Crippen LogP) is 4.43. The van der Waals surface area contributed by atoms with E-state index in [0.717, 1.165) is 30.5 Å². The third kappa shape index (κ3) is 5.04. The van der Waals surface area contributed by atoms with Gasteiger partial charge in [0.15, 0.2) is 5.82 Å². The number of carbonyl (C=O) groups is 1. The molecule has 3 aromatic rings. The number of nitrogens with one attached hydrogen (secondary N) is 1. The van der Waals surface area contributed by atoms with Crippen molar-refractivity contribution < 1.29 is 18.0 Å². The number of hydrogen-bond donors (Lipinski definition) is 1. The lowest BCUT2D eigenvalue weighted by Gasteiger charge is -2.09. The van der Waals surface area contributed by atoms with Crippen molar-refractivity contribution in [1.29, 1.82) is 0 Å². The fourth-order valence-electron chi connectivity index (χ4n) is 3.38. The highest BCUT2D eigenvalue weighted by atomic mass is 35.5. The Morgan fingerprint density at radius 3 is 2.53 bits per heavy atom. The van der Waals surface area contributed by atoms with E-state index in [0.29, 0.717) is 16.4 Å². The van der Waals surface area contributed by atoms with Gasteiger partial charge < -0.3 is 5.32 Å². The van der Waals surface area contributed by atoms with Crippen molar-refractivity contribution in [3.63, 3.8) is 0 Å². The number of amides is 1. The van der Waals surface area contributed by atoms with Crippen LogP contribution in [0, 0.1) is 0 Å². The molecule has 2 aromatic carbocycles. The Hall–Kier alpha value is -3.07. The van der Waals surface area contributed by atoms with Gasteiger partial charge in [-0.1, -0.05) is 23.7 Å². The van der Waals surface area contributed by atoms with Crippen molar-refractivity contribution in [3.05, 3.63) is 75.2 Å². The summed E-state index contributed by atoms with van der Waals surface area (Å²) in [5.41, 5.74) is 0.0406. The summed E-state index contributed by atoms with van der Waals surface area (Å²) in [6.07, 6.45) is -2.68. The van der Waals surface area contributed by atoms with Crippen LogP contribution < -0.4 is 11.0 Å². The standard InChI is InChI=1S/C22H20ClF3N4O2/c23-17-6-4-15(5-7-17)20-28-29(21(32)30(20)18-8-9-18)11-10-19(31)27-13-14-2-1-3-16(12-14)22(24,25)26/h1-7,12,18H,8-11,13H2,(H,27,31). The van der Waals surface area contributed by atoms with E-state index < -0.39 is 11.7 Å². The number of aromatic nitrogens is 3. The van der Waals surface area contributed by atoms with Gasteiger partial charge in [0, 0.05) is 29.6 Å². The van der Waals surface area contributed by atoms with Crippen molar-refractivity contribution in [2.24, 2.45) is 0 Å². The van der Waals surface area contributed by atoms with Crippen molar-refractivity contribution in [1.82, 2.24) is 19.7 Å². The minimum atomic E-state index is -4.44. The molecule has 168 valence electrons. The van der Waals surface area contributed by atoms with E-state index in [9.17, 15) is 22.8 Å². The lowest BCUT2D eigenvalue weighted by molar-refractivity contribution is -0.137. The van der Waals surface area contributed by atoms with Crippen LogP contribution in [-0.2, 0) is 24.1 Å². The summed E-state index contributed by atoms with van der Waals surface area (Å²) >= 11 is 5.95. The van der Waals surface area contributed by atoms with E-state index in [1.807, 2.05) is 0 Å². The molecule has 0 saturated heterocycles. The Morgan fingerprint density at radius 2 is 1.88 bits per heavy atom. The van der Waals surface area contributed by atoms with Gasteiger partial charge in [-0.15, -0.1) is 5.10 Å². The fraction of sp³-hybridized carbons (Fsp3) is 0.318. The topological polar surface area (TPSA) is 68.9 Å². The van der Waals surface area contributed by atoms with Crippen LogP contribution in [0.5, 0.6) is 0 Å². The summed E-state index contributed by atoms with van der Waals surface area (Å²) in [7, 11) is 0. The van der Waals surface area contributed by atoms with Gasteiger partial charge in [-0.25, -0.2) is 9.48 Å². The number of nitrogens with zero attached hydrogens (tertiary/aromatic N) is 3. The molecule has 1 aromatic heterocycles. The van der Waals surface area contributed by atoms with Crippen LogP contribution in [0.1, 0.15) is 36.4 Å². The van der Waals surface area contributed by atoms with Crippen LogP contribution in [0.3, 0.4) is 0 Å². The second-order valence-electron chi connectivity index (χ2n) is 7.66. The Balaban J connectivity index is 1.42. The number of carbonyl (C=O) groups excluding carboxylic acids is 1. The van der Waals surface area contributed by atoms with Crippen LogP contribution in [-0.4, -0.2) is 20.3 Å². The monoisotopic (exact) mass is 464 g/mol. The Morgan fingerprint density at radius 1 is 1.16 bits per heavy atom. The highest BCUT2D eigenvalue weighted by molar-refractivity contribution is 6.30. The average molecular weight is 465 g/mol. The average Bonchev–Trinajstić information content (AvgIpc) is 3.54. The molecule has 1 heterocycles. The van der Waals surface area contributed by atoms with Crippen LogP contribution in [0.2, 0.25) is 5.02 Å². The van der Waals surface area contributed by atoms with Crippen LogP contribution in [0.15, 0.2) is 53.3 Å². The van der Waals surface area contributed by atoms with Crippen LogP contribution in [0.25, 0.3) is 11.4 Å². The summed E-state index contributed by atoms with van der Waals surface area (Å²) in [6, 6.07) is 11.9. The first-order valence-corrected chi connectivity index (χ1v) is 10.5. The summed E-state index contributed by atoms with van der Waals surface area (Å²) in [5, 5.41) is 7.58. The molecule has 1 amide bonds. The first kappa shape index (κ1) is 22.1. The lowest BCUT2D eigenvalue weighted by Crippen LogP contribution is -2.29. The number of aryl methyl sites for hydroxylation is 1. The maximum Gasteiger partial charge on any atom is 0.416 e. The minimum absolute atomic E-state index is 0.0272. The molecule has 10 heteroatoms. The van der Waals surface area contributed by atoms with E-state index in [2.05, 4.69) is 10.4 Å². The molecule has 0 atom stereocenters. The molecule has 6 nitrogen and oxygen atoms in total. The van der Waals surface area contributed by atoms with E-state index in [4.69, 9.17) is 11.6 Å². The third-order valence-electron chi connectivity index (χ3n) is 5.18. The van der Waals surface area contributed by atoms with Gasteiger partial charge in [0.2, 0.25) is 5.91 Å². The second-order valence-corrected chi connectivity index (χ2v) is 8.10. The maximum atomic E-state index is 12.8. The Labute approximate surface area is 186 Å². The van der Waals surface area contributed by atoms with E-state index >= 15 is 0 Å². The molecule has 1 aliphatic carbocycles. The molecule has 1 saturated carbocycles. The van der Waals surface area contributed by atoms with Gasteiger partial charge in [-0.05, 0) is 54.8 Å². The lowest BCUT2D eigenvalue weighted by atomic mass is 10.1. The number of hydrogen-bond acceptors (Lipinski definition) is 3. The molecule has 4 rings (SSSR count). The van der Waals surface area contributed by atoms with Gasteiger partial charge in [-0.2, -0.15) is 13.2 Å². The molecular formula is C22H20ClF3N4O2. The quantitative estimate of drug-likeness (QED) is 0.562. The Kier molecular flexibility index (Phi) is 6.10. The van der Waals surface area contributed by atoms with Gasteiger partial charge in [-0.3, -0.25) is 9.36 Å². The summed E-state index contributed by atoms with van der Waals surface area (Å²) in [5.74, 6) is 0.141. The zero-order valence-electron chi connectivity index (χ0n) is 16.9. The number of benzene rings is 2. The fourth-order valence-corrected chi connectivity index (χ4v) is 3.50. The normalized spacial score (nSPS) is 13.9. The highest BCUT2D eigenvalue weighted by Crippen LogP contribution is 2.36. The van der Waals surface area contributed by atoms with Crippen molar-refractivity contribution in [2.75, 3.05) is 0 Å². The summed E-state index contributed by atoms with van der Waals surface area (Å²) < 4.78 is 41.3. The van der Waals surface area contributed by atoms with E-state index in [-0.39, 0.29) is 37.1 Å². The third-order valence-corrected chi connectivity index (χ3v) is 5.43. The maximum absolute atomic E-state index is 12.8.